The highest BCUT2D eigenvalue weighted by atomic mass is 35.5. The Kier molecular flexibility index (Phi) is 6.87. The van der Waals surface area contributed by atoms with E-state index in [1.165, 1.54) is 0 Å². The highest BCUT2D eigenvalue weighted by Gasteiger charge is 2.21. The van der Waals surface area contributed by atoms with Crippen LogP contribution in [0.2, 0.25) is 0 Å². The molecule has 0 saturated heterocycles. The Balaban J connectivity index is 1.90. The Hall–Kier alpha value is -3.31. The molecule has 0 atom stereocenters. The summed E-state index contributed by atoms with van der Waals surface area (Å²) in [6.45, 7) is 0.265. The molecule has 0 radical (unpaired) electrons. The van der Waals surface area contributed by atoms with Crippen molar-refractivity contribution in [3.05, 3.63) is 89.5 Å². The molecule has 3 rings (SSSR count). The maximum Gasteiger partial charge on any atom is 0.255 e. The summed E-state index contributed by atoms with van der Waals surface area (Å²) in [4.78, 5) is 25.2. The normalized spacial score (nSPS) is 10.3. The predicted molar refractivity (Wildman–Crippen MR) is 112 cm³/mol. The zero-order valence-corrected chi connectivity index (χ0v) is 16.6. The van der Waals surface area contributed by atoms with Crippen LogP contribution in [0.1, 0.15) is 26.3 Å². The molecule has 0 aromatic heterocycles. The number of Topliss-reactive ketones (excluding diaryl/α,β-unsaturated/α-hetero) is 1. The van der Waals surface area contributed by atoms with Crippen molar-refractivity contribution in [2.45, 2.75) is 6.54 Å². The molecule has 0 aliphatic carbocycles. The summed E-state index contributed by atoms with van der Waals surface area (Å²) in [5.41, 5.74) is 1.34. The number of methoxy groups -OCH3 is 1. The molecule has 0 bridgehead atoms. The number of carbonyl (C=O) groups is 2. The third-order valence-corrected chi connectivity index (χ3v) is 4.52. The fourth-order valence-electron chi connectivity index (χ4n) is 2.84. The fourth-order valence-corrected chi connectivity index (χ4v) is 2.99. The maximum atomic E-state index is 12.9. The van der Waals surface area contributed by atoms with Crippen LogP contribution in [0.4, 0.5) is 0 Å². The van der Waals surface area contributed by atoms with Gasteiger partial charge >= 0.3 is 0 Å². The maximum absolute atomic E-state index is 12.9. The van der Waals surface area contributed by atoms with Gasteiger partial charge in [0, 0.05) is 12.1 Å². The van der Waals surface area contributed by atoms with Gasteiger partial charge in [-0.3, -0.25) is 9.59 Å². The average molecular weight is 410 g/mol. The lowest BCUT2D eigenvalue weighted by Gasteiger charge is -2.15. The zero-order valence-electron chi connectivity index (χ0n) is 15.9. The first-order chi connectivity index (χ1) is 14.1. The molecule has 29 heavy (non-hydrogen) atoms. The molecule has 0 saturated carbocycles. The van der Waals surface area contributed by atoms with E-state index in [0.29, 0.717) is 11.5 Å². The van der Waals surface area contributed by atoms with E-state index in [1.54, 1.807) is 37.4 Å². The van der Waals surface area contributed by atoms with Crippen LogP contribution in [0.5, 0.6) is 17.2 Å². The molecule has 0 spiro atoms. The van der Waals surface area contributed by atoms with Crippen molar-refractivity contribution < 1.29 is 19.1 Å². The molecule has 5 nitrogen and oxygen atoms in total. The van der Waals surface area contributed by atoms with Gasteiger partial charge in [0.2, 0.25) is 0 Å². The van der Waals surface area contributed by atoms with Crippen molar-refractivity contribution in [1.29, 1.82) is 0 Å². The molecule has 6 heteroatoms. The minimum atomic E-state index is -0.369. The number of para-hydroxylation sites is 3. The standard InChI is InChI=1S/C23H20ClNO4/c1-28-21-13-6-5-8-16(21)15-25-23(27)19-12-7-11-18(20(26)14-24)22(19)29-17-9-3-2-4-10-17/h2-13H,14-15H2,1H3,(H,25,27). The van der Waals surface area contributed by atoms with E-state index in [4.69, 9.17) is 21.1 Å². The quantitative estimate of drug-likeness (QED) is 0.427. The van der Waals surface area contributed by atoms with Crippen molar-refractivity contribution >= 4 is 23.3 Å². The summed E-state index contributed by atoms with van der Waals surface area (Å²) in [5, 5.41) is 2.86. The van der Waals surface area contributed by atoms with Crippen LogP contribution in [0.25, 0.3) is 0 Å². The molecule has 0 fully saturated rings. The van der Waals surface area contributed by atoms with E-state index >= 15 is 0 Å². The van der Waals surface area contributed by atoms with Crippen molar-refractivity contribution in [1.82, 2.24) is 5.32 Å². The topological polar surface area (TPSA) is 64.6 Å². The van der Waals surface area contributed by atoms with Crippen LogP contribution in [-0.4, -0.2) is 24.7 Å². The third kappa shape index (κ3) is 4.95. The SMILES string of the molecule is COc1ccccc1CNC(=O)c1cccc(C(=O)CCl)c1Oc1ccccc1. The lowest BCUT2D eigenvalue weighted by Crippen LogP contribution is -2.24. The average Bonchev–Trinajstić information content (AvgIpc) is 2.78. The number of carbonyl (C=O) groups excluding carboxylic acids is 2. The van der Waals surface area contributed by atoms with Crippen molar-refractivity contribution in [2.24, 2.45) is 0 Å². The minimum Gasteiger partial charge on any atom is -0.496 e. The van der Waals surface area contributed by atoms with Crippen LogP contribution >= 0.6 is 11.6 Å². The van der Waals surface area contributed by atoms with Crippen molar-refractivity contribution in [3.63, 3.8) is 0 Å². The zero-order chi connectivity index (χ0) is 20.6. The molecule has 3 aromatic carbocycles. The van der Waals surface area contributed by atoms with Gasteiger partial charge in [0.05, 0.1) is 24.1 Å². The number of hydrogen-bond acceptors (Lipinski definition) is 4. The van der Waals surface area contributed by atoms with Crippen LogP contribution in [0.3, 0.4) is 0 Å². The van der Waals surface area contributed by atoms with Crippen LogP contribution < -0.4 is 14.8 Å². The van der Waals surface area contributed by atoms with Crippen molar-refractivity contribution in [2.75, 3.05) is 13.0 Å². The number of benzene rings is 3. The number of rotatable bonds is 8. The molecule has 148 valence electrons. The Morgan fingerprint density at radius 2 is 1.59 bits per heavy atom. The summed E-state index contributed by atoms with van der Waals surface area (Å²) in [6.07, 6.45) is 0. The summed E-state index contributed by atoms with van der Waals surface area (Å²) < 4.78 is 11.2. The highest BCUT2D eigenvalue weighted by molar-refractivity contribution is 6.31. The third-order valence-electron chi connectivity index (χ3n) is 4.28. The van der Waals surface area contributed by atoms with Gasteiger partial charge in [-0.1, -0.05) is 42.5 Å². The predicted octanol–water partition coefficient (Wildman–Crippen LogP) is 4.84. The van der Waals surface area contributed by atoms with Gasteiger partial charge in [-0.2, -0.15) is 0 Å². The molecular formula is C23H20ClNO4. The molecule has 3 aromatic rings. The molecule has 0 aliphatic heterocycles. The Labute approximate surface area is 174 Å². The Morgan fingerprint density at radius 3 is 2.31 bits per heavy atom. The Bertz CT molecular complexity index is 1000. The van der Waals surface area contributed by atoms with Crippen LogP contribution in [-0.2, 0) is 6.54 Å². The second-order valence-electron chi connectivity index (χ2n) is 6.15. The van der Waals surface area contributed by atoms with Crippen molar-refractivity contribution in [3.8, 4) is 17.2 Å². The van der Waals surface area contributed by atoms with Gasteiger partial charge in [0.1, 0.15) is 11.5 Å². The van der Waals surface area contributed by atoms with Crippen LogP contribution in [0.15, 0.2) is 72.8 Å². The summed E-state index contributed by atoms with van der Waals surface area (Å²) >= 11 is 5.75. The van der Waals surface area contributed by atoms with Gasteiger partial charge in [-0.25, -0.2) is 0 Å². The number of ether oxygens (including phenoxy) is 2. The lowest BCUT2D eigenvalue weighted by atomic mass is 10.0. The second-order valence-corrected chi connectivity index (χ2v) is 6.42. The monoisotopic (exact) mass is 409 g/mol. The molecule has 0 heterocycles. The van der Waals surface area contributed by atoms with E-state index in [0.717, 1.165) is 5.56 Å². The van der Waals surface area contributed by atoms with E-state index in [1.807, 2.05) is 42.5 Å². The van der Waals surface area contributed by atoms with Gasteiger partial charge in [0.25, 0.3) is 5.91 Å². The van der Waals surface area contributed by atoms with Gasteiger partial charge in [-0.05, 0) is 30.3 Å². The lowest BCUT2D eigenvalue weighted by molar-refractivity contribution is 0.0948. The molecular weight excluding hydrogens is 390 g/mol. The fraction of sp³-hybridized carbons (Fsp3) is 0.130. The molecule has 1 N–H and O–H groups in total. The number of alkyl halides is 1. The smallest absolute Gasteiger partial charge is 0.255 e. The molecule has 0 unspecified atom stereocenters. The van der Waals surface area contributed by atoms with E-state index in [2.05, 4.69) is 5.32 Å². The second kappa shape index (κ2) is 9.75. The first kappa shape index (κ1) is 20.4. The highest BCUT2D eigenvalue weighted by Crippen LogP contribution is 2.30. The number of ketones is 1. The van der Waals surface area contributed by atoms with E-state index in [9.17, 15) is 9.59 Å². The largest absolute Gasteiger partial charge is 0.496 e. The first-order valence-corrected chi connectivity index (χ1v) is 9.52. The summed E-state index contributed by atoms with van der Waals surface area (Å²) in [7, 11) is 1.58. The number of hydrogen-bond donors (Lipinski definition) is 1. The number of amides is 1. The number of nitrogens with one attached hydrogen (secondary N) is 1. The minimum absolute atomic E-state index is 0.182. The van der Waals surface area contributed by atoms with Gasteiger partial charge < -0.3 is 14.8 Å². The first-order valence-electron chi connectivity index (χ1n) is 8.99. The van der Waals surface area contributed by atoms with E-state index < -0.39 is 0 Å². The molecule has 1 amide bonds. The van der Waals surface area contributed by atoms with Gasteiger partial charge in [0.15, 0.2) is 11.5 Å². The Morgan fingerprint density at radius 1 is 0.897 bits per heavy atom. The summed E-state index contributed by atoms with van der Waals surface area (Å²) in [6, 6.07) is 21.2. The summed E-state index contributed by atoms with van der Waals surface area (Å²) in [5.74, 6) is 0.475. The van der Waals surface area contributed by atoms with E-state index in [-0.39, 0.29) is 41.0 Å². The van der Waals surface area contributed by atoms with Gasteiger partial charge in [-0.15, -0.1) is 11.6 Å². The number of halogens is 1. The molecule has 0 aliphatic rings. The van der Waals surface area contributed by atoms with Crippen LogP contribution in [0, 0.1) is 0 Å².